The highest BCUT2D eigenvalue weighted by Gasteiger charge is 2.19. The van der Waals surface area contributed by atoms with Gasteiger partial charge in [-0.05, 0) is 37.1 Å². The molecule has 114 valence electrons. The van der Waals surface area contributed by atoms with Gasteiger partial charge >= 0.3 is 0 Å². The van der Waals surface area contributed by atoms with E-state index in [9.17, 15) is 4.79 Å². The summed E-state index contributed by atoms with van der Waals surface area (Å²) < 4.78 is 0. The Hall–Kier alpha value is -1.91. The predicted molar refractivity (Wildman–Crippen MR) is 89.6 cm³/mol. The smallest absolute Gasteiger partial charge is 0.246 e. The van der Waals surface area contributed by atoms with E-state index in [4.69, 9.17) is 17.3 Å². The Morgan fingerprint density at radius 2 is 2.18 bits per heavy atom. The van der Waals surface area contributed by atoms with Crippen LogP contribution in [0.15, 0.2) is 36.4 Å². The third-order valence-electron chi connectivity index (χ3n) is 3.84. The van der Waals surface area contributed by atoms with Crippen molar-refractivity contribution >= 4 is 34.5 Å². The van der Waals surface area contributed by atoms with Gasteiger partial charge in [-0.2, -0.15) is 0 Å². The van der Waals surface area contributed by atoms with E-state index < -0.39 is 0 Å². The molecule has 1 aromatic carbocycles. The number of piperidine rings is 1. The fraction of sp³-hybridized carbons (Fsp3) is 0.294. The molecule has 1 aromatic heterocycles. The Balaban J connectivity index is 1.75. The van der Waals surface area contributed by atoms with E-state index in [-0.39, 0.29) is 11.9 Å². The number of carbonyl (C=O) groups is 1. The van der Waals surface area contributed by atoms with E-state index in [0.29, 0.717) is 11.6 Å². The highest BCUT2D eigenvalue weighted by Crippen LogP contribution is 2.18. The van der Waals surface area contributed by atoms with E-state index in [2.05, 4.69) is 4.98 Å². The quantitative estimate of drug-likeness (QED) is 0.867. The number of aromatic nitrogens is 1. The Morgan fingerprint density at radius 1 is 1.36 bits per heavy atom. The van der Waals surface area contributed by atoms with Gasteiger partial charge in [0.15, 0.2) is 0 Å². The first kappa shape index (κ1) is 15.0. The molecular weight excluding hydrogens is 298 g/mol. The predicted octanol–water partition coefficient (Wildman–Crippen LogP) is 2.85. The van der Waals surface area contributed by atoms with Crippen molar-refractivity contribution in [1.29, 1.82) is 0 Å². The molecule has 1 aliphatic heterocycles. The molecule has 1 atom stereocenters. The largest absolute Gasteiger partial charge is 0.338 e. The number of hydrogen-bond donors (Lipinski definition) is 1. The molecule has 0 radical (unpaired) electrons. The number of pyridine rings is 1. The minimum absolute atomic E-state index is 0.0110. The van der Waals surface area contributed by atoms with Gasteiger partial charge in [-0.15, -0.1) is 0 Å². The number of amides is 1. The number of rotatable bonds is 2. The molecule has 1 aliphatic rings. The zero-order chi connectivity index (χ0) is 15.5. The lowest BCUT2D eigenvalue weighted by Gasteiger charge is -2.29. The summed E-state index contributed by atoms with van der Waals surface area (Å²) in [5.41, 5.74) is 7.47. The van der Waals surface area contributed by atoms with Crippen LogP contribution in [0, 0.1) is 0 Å². The first-order valence-electron chi connectivity index (χ1n) is 7.41. The monoisotopic (exact) mass is 315 g/mol. The number of nitrogens with two attached hydrogens (primary N) is 1. The molecule has 0 aliphatic carbocycles. The lowest BCUT2D eigenvalue weighted by molar-refractivity contribution is -0.127. The molecule has 2 aromatic rings. The van der Waals surface area contributed by atoms with Gasteiger partial charge in [-0.25, -0.2) is 4.98 Å². The van der Waals surface area contributed by atoms with Crippen LogP contribution in [-0.4, -0.2) is 34.9 Å². The van der Waals surface area contributed by atoms with Crippen molar-refractivity contribution in [3.05, 3.63) is 47.1 Å². The van der Waals surface area contributed by atoms with Crippen molar-refractivity contribution in [3.63, 3.8) is 0 Å². The number of hydrogen-bond acceptors (Lipinski definition) is 3. The van der Waals surface area contributed by atoms with E-state index in [1.165, 1.54) is 0 Å². The summed E-state index contributed by atoms with van der Waals surface area (Å²) in [7, 11) is 0. The standard InChI is InChI=1S/C17H18ClN3O/c18-13-5-3-12-4-6-15(20-16(12)10-13)7-8-17(22)21-9-1-2-14(19)11-21/h3-8,10,14H,1-2,9,11,19H2. The molecule has 0 spiro atoms. The van der Waals surface area contributed by atoms with Gasteiger partial charge in [-0.3, -0.25) is 4.79 Å². The molecule has 2 N–H and O–H groups in total. The van der Waals surface area contributed by atoms with Crippen LogP contribution in [0.1, 0.15) is 18.5 Å². The number of carbonyl (C=O) groups excluding carboxylic acids is 1. The maximum Gasteiger partial charge on any atom is 0.246 e. The van der Waals surface area contributed by atoms with Crippen molar-refractivity contribution in [2.24, 2.45) is 5.73 Å². The number of likely N-dealkylation sites (tertiary alicyclic amines) is 1. The Labute approximate surface area is 134 Å². The number of nitrogens with zero attached hydrogens (tertiary/aromatic N) is 2. The van der Waals surface area contributed by atoms with Crippen molar-refractivity contribution in [1.82, 2.24) is 9.88 Å². The second-order valence-electron chi connectivity index (χ2n) is 5.59. The molecule has 0 bridgehead atoms. The summed E-state index contributed by atoms with van der Waals surface area (Å²) in [6.07, 6.45) is 5.26. The molecule has 1 saturated heterocycles. The zero-order valence-electron chi connectivity index (χ0n) is 12.2. The summed E-state index contributed by atoms with van der Waals surface area (Å²) in [5.74, 6) is -0.0110. The molecular formula is C17H18ClN3O. The highest BCUT2D eigenvalue weighted by atomic mass is 35.5. The van der Waals surface area contributed by atoms with Crippen LogP contribution in [-0.2, 0) is 4.79 Å². The average Bonchev–Trinajstić information content (AvgIpc) is 2.52. The topological polar surface area (TPSA) is 59.2 Å². The number of fused-ring (bicyclic) bond motifs is 1. The van der Waals surface area contributed by atoms with Crippen LogP contribution in [0.3, 0.4) is 0 Å². The van der Waals surface area contributed by atoms with E-state index in [0.717, 1.165) is 36.0 Å². The second kappa shape index (κ2) is 6.46. The van der Waals surface area contributed by atoms with Gasteiger partial charge in [0, 0.05) is 35.6 Å². The minimum atomic E-state index is -0.0110. The molecule has 0 saturated carbocycles. The van der Waals surface area contributed by atoms with Crippen molar-refractivity contribution in [3.8, 4) is 0 Å². The third-order valence-corrected chi connectivity index (χ3v) is 4.08. The summed E-state index contributed by atoms with van der Waals surface area (Å²) >= 11 is 5.98. The summed E-state index contributed by atoms with van der Waals surface area (Å²) in [6.45, 7) is 1.40. The second-order valence-corrected chi connectivity index (χ2v) is 6.03. The zero-order valence-corrected chi connectivity index (χ0v) is 13.0. The maximum absolute atomic E-state index is 12.2. The molecule has 5 heteroatoms. The maximum atomic E-state index is 12.2. The van der Waals surface area contributed by atoms with Crippen molar-refractivity contribution in [2.75, 3.05) is 13.1 Å². The SMILES string of the molecule is NC1CCCN(C(=O)C=Cc2ccc3ccc(Cl)cc3n2)C1. The van der Waals surface area contributed by atoms with E-state index in [1.807, 2.05) is 30.3 Å². The van der Waals surface area contributed by atoms with Crippen molar-refractivity contribution in [2.45, 2.75) is 18.9 Å². The van der Waals surface area contributed by atoms with Crippen LogP contribution in [0.4, 0.5) is 0 Å². The van der Waals surface area contributed by atoms with Gasteiger partial charge in [-0.1, -0.05) is 23.7 Å². The van der Waals surface area contributed by atoms with Gasteiger partial charge in [0.1, 0.15) is 0 Å². The Bertz CT molecular complexity index is 729. The normalized spacial score (nSPS) is 19.0. The van der Waals surface area contributed by atoms with Gasteiger partial charge in [0.25, 0.3) is 0 Å². The highest BCUT2D eigenvalue weighted by molar-refractivity contribution is 6.31. The van der Waals surface area contributed by atoms with Crippen LogP contribution in [0.2, 0.25) is 5.02 Å². The molecule has 3 rings (SSSR count). The first-order chi connectivity index (χ1) is 10.6. The number of benzene rings is 1. The van der Waals surface area contributed by atoms with Gasteiger partial charge in [0.2, 0.25) is 5.91 Å². The fourth-order valence-electron chi connectivity index (χ4n) is 2.67. The molecule has 1 amide bonds. The molecule has 1 unspecified atom stereocenters. The minimum Gasteiger partial charge on any atom is -0.338 e. The van der Waals surface area contributed by atoms with E-state index in [1.54, 1.807) is 17.1 Å². The number of halogens is 1. The molecule has 22 heavy (non-hydrogen) atoms. The lowest BCUT2D eigenvalue weighted by atomic mass is 10.1. The molecule has 4 nitrogen and oxygen atoms in total. The van der Waals surface area contributed by atoms with Crippen LogP contribution in [0.25, 0.3) is 17.0 Å². The van der Waals surface area contributed by atoms with E-state index >= 15 is 0 Å². The molecule has 2 heterocycles. The third kappa shape index (κ3) is 3.46. The molecule has 1 fully saturated rings. The Kier molecular flexibility index (Phi) is 4.41. The van der Waals surface area contributed by atoms with Crippen molar-refractivity contribution < 1.29 is 4.79 Å². The van der Waals surface area contributed by atoms with Crippen LogP contribution >= 0.6 is 11.6 Å². The lowest BCUT2D eigenvalue weighted by Crippen LogP contribution is -2.45. The summed E-state index contributed by atoms with van der Waals surface area (Å²) in [6, 6.07) is 9.54. The Morgan fingerprint density at radius 3 is 3.00 bits per heavy atom. The van der Waals surface area contributed by atoms with Crippen LogP contribution in [0.5, 0.6) is 0 Å². The first-order valence-corrected chi connectivity index (χ1v) is 7.78. The summed E-state index contributed by atoms with van der Waals surface area (Å²) in [5, 5.41) is 1.68. The summed E-state index contributed by atoms with van der Waals surface area (Å²) in [4.78, 5) is 18.5. The average molecular weight is 316 g/mol. The van der Waals surface area contributed by atoms with Gasteiger partial charge < -0.3 is 10.6 Å². The van der Waals surface area contributed by atoms with Crippen LogP contribution < -0.4 is 5.73 Å². The van der Waals surface area contributed by atoms with Gasteiger partial charge in [0.05, 0.1) is 11.2 Å². The fourth-order valence-corrected chi connectivity index (χ4v) is 2.84.